The molecule has 1 N–H and O–H groups in total. The van der Waals surface area contributed by atoms with Gasteiger partial charge in [0.1, 0.15) is 0 Å². The van der Waals surface area contributed by atoms with Crippen molar-refractivity contribution < 1.29 is 4.79 Å². The number of nitrogens with one attached hydrogen (secondary N) is 1. The van der Waals surface area contributed by atoms with Crippen LogP contribution in [0, 0.1) is 0 Å². The standard InChI is InChI=1S/C19H17N7OS/c1-2-24-14-10-6-7-11-15(14)25-17-21-22-19(26(17)23-18(24)25)28-12-16(27)20-13-8-4-3-5-9-13/h3-11H,2,12H2,1H3,(H,20,27). The molecule has 0 aliphatic carbocycles. The van der Waals surface area contributed by atoms with Gasteiger partial charge in [-0.3, -0.25) is 4.79 Å². The molecule has 8 nitrogen and oxygen atoms in total. The zero-order valence-corrected chi connectivity index (χ0v) is 15.9. The lowest BCUT2D eigenvalue weighted by atomic mass is 10.3. The van der Waals surface area contributed by atoms with Crippen LogP contribution in [0.1, 0.15) is 6.92 Å². The number of para-hydroxylation sites is 3. The van der Waals surface area contributed by atoms with E-state index in [1.807, 2.05) is 52.9 Å². The third kappa shape index (κ3) is 2.63. The highest BCUT2D eigenvalue weighted by Crippen LogP contribution is 2.24. The van der Waals surface area contributed by atoms with E-state index in [1.165, 1.54) is 11.8 Å². The van der Waals surface area contributed by atoms with E-state index in [9.17, 15) is 4.79 Å². The molecule has 140 valence electrons. The lowest BCUT2D eigenvalue weighted by Gasteiger charge is -2.03. The molecule has 0 fully saturated rings. The molecule has 0 aliphatic rings. The first-order valence-electron chi connectivity index (χ1n) is 8.95. The predicted octanol–water partition coefficient (Wildman–Crippen LogP) is 3.08. The Morgan fingerprint density at radius 1 is 1.00 bits per heavy atom. The van der Waals surface area contributed by atoms with Gasteiger partial charge in [-0.2, -0.15) is 4.52 Å². The maximum Gasteiger partial charge on any atom is 0.260 e. The summed E-state index contributed by atoms with van der Waals surface area (Å²) in [7, 11) is 0. The van der Waals surface area contributed by atoms with Crippen molar-refractivity contribution in [1.82, 2.24) is 28.8 Å². The largest absolute Gasteiger partial charge is 0.325 e. The number of aromatic nitrogens is 6. The van der Waals surface area contributed by atoms with Crippen molar-refractivity contribution >= 4 is 45.9 Å². The summed E-state index contributed by atoms with van der Waals surface area (Å²) < 4.78 is 5.84. The summed E-state index contributed by atoms with van der Waals surface area (Å²) in [5.41, 5.74) is 2.91. The number of imidazole rings is 1. The molecule has 3 heterocycles. The van der Waals surface area contributed by atoms with Gasteiger partial charge < -0.3 is 9.88 Å². The van der Waals surface area contributed by atoms with Crippen LogP contribution in [0.3, 0.4) is 0 Å². The molecule has 0 aliphatic heterocycles. The minimum absolute atomic E-state index is 0.0970. The highest BCUT2D eigenvalue weighted by Gasteiger charge is 2.19. The van der Waals surface area contributed by atoms with Crippen molar-refractivity contribution in [2.75, 3.05) is 11.1 Å². The van der Waals surface area contributed by atoms with E-state index in [1.54, 1.807) is 4.52 Å². The Hall–Kier alpha value is -3.33. The Bertz CT molecular complexity index is 1300. The van der Waals surface area contributed by atoms with E-state index in [0.717, 1.165) is 29.0 Å². The van der Waals surface area contributed by atoms with Crippen LogP contribution >= 0.6 is 11.8 Å². The molecule has 1 amide bonds. The van der Waals surface area contributed by atoms with Crippen LogP contribution < -0.4 is 5.32 Å². The van der Waals surface area contributed by atoms with Gasteiger partial charge in [-0.05, 0) is 31.2 Å². The van der Waals surface area contributed by atoms with E-state index in [2.05, 4.69) is 33.1 Å². The molecule has 0 spiro atoms. The van der Waals surface area contributed by atoms with Crippen molar-refractivity contribution in [2.24, 2.45) is 0 Å². The van der Waals surface area contributed by atoms with Crippen molar-refractivity contribution in [3.63, 3.8) is 0 Å². The average Bonchev–Trinajstić information content (AvgIpc) is 3.36. The number of fused-ring (bicyclic) bond motifs is 5. The second-order valence-corrected chi connectivity index (χ2v) is 7.21. The Kier molecular flexibility index (Phi) is 4.01. The molecule has 3 aromatic heterocycles. The number of hydrogen-bond donors (Lipinski definition) is 1. The first kappa shape index (κ1) is 16.8. The van der Waals surface area contributed by atoms with Crippen molar-refractivity contribution in [3.8, 4) is 0 Å². The highest BCUT2D eigenvalue weighted by molar-refractivity contribution is 7.99. The van der Waals surface area contributed by atoms with Gasteiger partial charge in [-0.1, -0.05) is 42.1 Å². The Morgan fingerprint density at radius 3 is 2.54 bits per heavy atom. The Balaban J connectivity index is 1.46. The molecule has 0 unspecified atom stereocenters. The van der Waals surface area contributed by atoms with Crippen LogP contribution in [-0.2, 0) is 11.3 Å². The molecule has 0 radical (unpaired) electrons. The number of aryl methyl sites for hydroxylation is 1. The average molecular weight is 391 g/mol. The highest BCUT2D eigenvalue weighted by atomic mass is 32.2. The number of carbonyl (C=O) groups excluding carboxylic acids is 1. The summed E-state index contributed by atoms with van der Waals surface area (Å²) in [6.07, 6.45) is 0. The third-order valence-corrected chi connectivity index (χ3v) is 5.47. The van der Waals surface area contributed by atoms with Crippen molar-refractivity contribution in [2.45, 2.75) is 18.6 Å². The number of carbonyl (C=O) groups is 1. The number of benzene rings is 2. The molecule has 28 heavy (non-hydrogen) atoms. The van der Waals surface area contributed by atoms with E-state index < -0.39 is 0 Å². The summed E-state index contributed by atoms with van der Waals surface area (Å²) in [5.74, 6) is 1.58. The Morgan fingerprint density at radius 2 is 1.75 bits per heavy atom. The molecule has 5 rings (SSSR count). The minimum Gasteiger partial charge on any atom is -0.325 e. The Labute approximate surface area is 164 Å². The minimum atomic E-state index is -0.0970. The van der Waals surface area contributed by atoms with Crippen LogP contribution in [0.25, 0.3) is 22.6 Å². The summed E-state index contributed by atoms with van der Waals surface area (Å²) >= 11 is 1.31. The second kappa shape index (κ2) is 6.68. The van der Waals surface area contributed by atoms with Crippen LogP contribution in [-0.4, -0.2) is 40.4 Å². The predicted molar refractivity (Wildman–Crippen MR) is 109 cm³/mol. The first-order valence-corrected chi connectivity index (χ1v) is 9.93. The molecule has 0 saturated carbocycles. The van der Waals surface area contributed by atoms with Gasteiger partial charge in [0.25, 0.3) is 5.78 Å². The smallest absolute Gasteiger partial charge is 0.260 e. The zero-order valence-electron chi connectivity index (χ0n) is 15.1. The normalized spacial score (nSPS) is 11.6. The van der Waals surface area contributed by atoms with Crippen LogP contribution in [0.15, 0.2) is 59.8 Å². The van der Waals surface area contributed by atoms with E-state index in [0.29, 0.717) is 10.9 Å². The fourth-order valence-corrected chi connectivity index (χ4v) is 4.01. The molecule has 0 bridgehead atoms. The maximum absolute atomic E-state index is 12.2. The molecule has 0 saturated heterocycles. The first-order chi connectivity index (χ1) is 13.8. The van der Waals surface area contributed by atoms with Gasteiger partial charge >= 0.3 is 0 Å². The van der Waals surface area contributed by atoms with Gasteiger partial charge in [0, 0.05) is 12.2 Å². The SMILES string of the molecule is CCn1c2ccccc2n2c1nn1c(SCC(=O)Nc3ccccc3)nnc12. The number of nitrogens with zero attached hydrogens (tertiary/aromatic N) is 6. The molecule has 5 aromatic rings. The lowest BCUT2D eigenvalue weighted by Crippen LogP contribution is -2.14. The van der Waals surface area contributed by atoms with Gasteiger partial charge in [0.2, 0.25) is 16.8 Å². The van der Waals surface area contributed by atoms with E-state index in [4.69, 9.17) is 5.10 Å². The third-order valence-electron chi connectivity index (χ3n) is 4.55. The fourth-order valence-electron chi connectivity index (χ4n) is 3.34. The fraction of sp³-hybridized carbons (Fsp3) is 0.158. The quantitative estimate of drug-likeness (QED) is 0.466. The number of hydrogen-bond acceptors (Lipinski definition) is 5. The van der Waals surface area contributed by atoms with Crippen molar-refractivity contribution in [1.29, 1.82) is 0 Å². The zero-order chi connectivity index (χ0) is 19.1. The molecule has 0 atom stereocenters. The van der Waals surface area contributed by atoms with Gasteiger partial charge in [-0.15, -0.1) is 15.3 Å². The van der Waals surface area contributed by atoms with Crippen molar-refractivity contribution in [3.05, 3.63) is 54.6 Å². The summed E-state index contributed by atoms with van der Waals surface area (Å²) in [6, 6.07) is 17.5. The molecular formula is C19H17N7OS. The topological polar surface area (TPSA) is 81.5 Å². The van der Waals surface area contributed by atoms with Crippen LogP contribution in [0.4, 0.5) is 5.69 Å². The molecular weight excluding hydrogens is 374 g/mol. The van der Waals surface area contributed by atoms with Gasteiger partial charge in [-0.25, -0.2) is 4.40 Å². The molecule has 9 heteroatoms. The monoisotopic (exact) mass is 391 g/mol. The van der Waals surface area contributed by atoms with E-state index >= 15 is 0 Å². The summed E-state index contributed by atoms with van der Waals surface area (Å²) in [4.78, 5) is 12.2. The number of amides is 1. The van der Waals surface area contributed by atoms with Gasteiger partial charge in [0.15, 0.2) is 0 Å². The van der Waals surface area contributed by atoms with Gasteiger partial charge in [0.05, 0.1) is 16.8 Å². The number of thioether (sulfide) groups is 1. The summed E-state index contributed by atoms with van der Waals surface area (Å²) in [6.45, 7) is 2.89. The summed E-state index contributed by atoms with van der Waals surface area (Å²) in [5, 5.41) is 16.7. The maximum atomic E-state index is 12.2. The lowest BCUT2D eigenvalue weighted by molar-refractivity contribution is -0.113. The number of rotatable bonds is 5. The number of anilines is 1. The molecule has 2 aromatic carbocycles. The van der Waals surface area contributed by atoms with Crippen LogP contribution in [0.5, 0.6) is 0 Å². The second-order valence-electron chi connectivity index (χ2n) is 6.27. The van der Waals surface area contributed by atoms with E-state index in [-0.39, 0.29) is 11.7 Å². The van der Waals surface area contributed by atoms with Crippen LogP contribution in [0.2, 0.25) is 0 Å².